The lowest BCUT2D eigenvalue weighted by atomic mass is 9.99. The van der Waals surface area contributed by atoms with E-state index in [1.54, 1.807) is 30.5 Å². The minimum absolute atomic E-state index is 0.237. The van der Waals surface area contributed by atoms with E-state index in [1.165, 1.54) is 6.26 Å². The molecule has 0 spiro atoms. The number of nitrogens with one attached hydrogen (secondary N) is 2. The summed E-state index contributed by atoms with van der Waals surface area (Å²) in [5.41, 5.74) is 2.93. The summed E-state index contributed by atoms with van der Waals surface area (Å²) in [4.78, 5) is 4.09. The number of pyridine rings is 1. The van der Waals surface area contributed by atoms with E-state index < -0.39 is 28.5 Å². The van der Waals surface area contributed by atoms with E-state index in [0.29, 0.717) is 17.7 Å². The highest BCUT2D eigenvalue weighted by atomic mass is 32.2. The smallest absolute Gasteiger partial charge is 0.135 e. The first kappa shape index (κ1) is 20.1. The van der Waals surface area contributed by atoms with Gasteiger partial charge in [-0.05, 0) is 23.6 Å². The zero-order valence-electron chi connectivity index (χ0n) is 14.9. The van der Waals surface area contributed by atoms with Gasteiger partial charge < -0.3 is 10.4 Å². The van der Waals surface area contributed by atoms with Crippen LogP contribution in [-0.2, 0) is 9.73 Å². The first-order chi connectivity index (χ1) is 12.3. The maximum absolute atomic E-state index is 13.3. The van der Waals surface area contributed by atoms with Gasteiger partial charge in [-0.3, -0.25) is 0 Å². The Labute approximate surface area is 154 Å². The summed E-state index contributed by atoms with van der Waals surface area (Å²) in [6, 6.07) is 9.67. The number of nitrogens with zero attached hydrogens (tertiary/aromatic N) is 1. The molecule has 1 heterocycles. The van der Waals surface area contributed by atoms with Gasteiger partial charge in [-0.15, -0.1) is 0 Å². The zero-order chi connectivity index (χ0) is 19.3. The minimum Gasteiger partial charge on any atom is -0.386 e. The van der Waals surface area contributed by atoms with Crippen LogP contribution in [0.3, 0.4) is 0 Å². The second-order valence-electron chi connectivity index (χ2n) is 6.16. The summed E-state index contributed by atoms with van der Waals surface area (Å²) in [5, 5.41) is 13.5. The summed E-state index contributed by atoms with van der Waals surface area (Å²) >= 11 is 0. The van der Waals surface area contributed by atoms with E-state index in [2.05, 4.69) is 16.9 Å². The van der Waals surface area contributed by atoms with Gasteiger partial charge in [-0.2, -0.15) is 0 Å². The van der Waals surface area contributed by atoms with Crippen LogP contribution in [0.15, 0.2) is 59.9 Å². The third-order valence-corrected chi connectivity index (χ3v) is 5.12. The standard InChI is InChI=1S/C19H24FN3O2S/c1-4-13(2)23-17(11-20)19(24)15-7-5-14(6-8-15)16-9-10-18(22-12-16)26(3,21)25/h5-10,12,17,19,21,23-24H,2,4,11H2,1,3H3. The molecule has 3 unspecified atom stereocenters. The van der Waals surface area contributed by atoms with E-state index in [0.717, 1.165) is 11.1 Å². The molecule has 2 rings (SSSR count). The predicted molar refractivity (Wildman–Crippen MR) is 102 cm³/mol. The Kier molecular flexibility index (Phi) is 6.50. The van der Waals surface area contributed by atoms with Crippen molar-refractivity contribution in [2.24, 2.45) is 0 Å². The highest BCUT2D eigenvalue weighted by Gasteiger charge is 2.21. The molecule has 3 atom stereocenters. The molecule has 0 radical (unpaired) electrons. The van der Waals surface area contributed by atoms with Crippen LogP contribution in [-0.4, -0.2) is 33.3 Å². The predicted octanol–water partition coefficient (Wildman–Crippen LogP) is 3.67. The number of aliphatic hydroxyl groups excluding tert-OH is 1. The third kappa shape index (κ3) is 4.89. The molecule has 0 aliphatic rings. The quantitative estimate of drug-likeness (QED) is 0.655. The Morgan fingerprint density at radius 3 is 2.38 bits per heavy atom. The molecule has 0 fully saturated rings. The van der Waals surface area contributed by atoms with Crippen molar-refractivity contribution in [2.75, 3.05) is 12.9 Å². The van der Waals surface area contributed by atoms with E-state index >= 15 is 0 Å². The first-order valence-corrected chi connectivity index (χ1v) is 10.2. The molecular weight excluding hydrogens is 353 g/mol. The van der Waals surface area contributed by atoms with Gasteiger partial charge in [0.25, 0.3) is 0 Å². The monoisotopic (exact) mass is 377 g/mol. The van der Waals surface area contributed by atoms with Gasteiger partial charge in [0.2, 0.25) is 0 Å². The third-order valence-electron chi connectivity index (χ3n) is 4.08. The maximum atomic E-state index is 13.3. The van der Waals surface area contributed by atoms with Gasteiger partial charge in [-0.1, -0.05) is 43.8 Å². The molecule has 7 heteroatoms. The highest BCUT2D eigenvalue weighted by Crippen LogP contribution is 2.24. The normalized spacial score (nSPS) is 15.7. The first-order valence-electron chi connectivity index (χ1n) is 8.24. The summed E-state index contributed by atoms with van der Waals surface area (Å²) in [7, 11) is -2.84. The molecule has 5 nitrogen and oxygen atoms in total. The Morgan fingerprint density at radius 2 is 1.92 bits per heavy atom. The summed E-state index contributed by atoms with van der Waals surface area (Å²) in [6.07, 6.45) is 2.56. The van der Waals surface area contributed by atoms with E-state index in [1.807, 2.05) is 19.1 Å². The number of halogens is 1. The highest BCUT2D eigenvalue weighted by molar-refractivity contribution is 7.91. The van der Waals surface area contributed by atoms with Crippen LogP contribution in [0, 0.1) is 4.78 Å². The van der Waals surface area contributed by atoms with Gasteiger partial charge in [0.05, 0.1) is 15.8 Å². The lowest BCUT2D eigenvalue weighted by Crippen LogP contribution is -2.36. The molecule has 2 aromatic rings. The van der Waals surface area contributed by atoms with Gasteiger partial charge in [0.1, 0.15) is 17.8 Å². The van der Waals surface area contributed by atoms with Crippen molar-refractivity contribution in [1.29, 1.82) is 4.78 Å². The van der Waals surface area contributed by atoms with Crippen molar-refractivity contribution in [2.45, 2.75) is 30.5 Å². The molecule has 0 saturated carbocycles. The molecule has 1 aromatic carbocycles. The molecule has 3 N–H and O–H groups in total. The molecular formula is C19H24FN3O2S. The number of benzene rings is 1. The van der Waals surface area contributed by atoms with Gasteiger partial charge in [-0.25, -0.2) is 18.4 Å². The SMILES string of the molecule is C=C(CC)NC(CF)C(O)c1ccc(-c2ccc(S(C)(=N)=O)nc2)cc1. The Bertz CT molecular complexity index is 849. The number of alkyl halides is 1. The fraction of sp³-hybridized carbons (Fsp3) is 0.316. The molecule has 0 amide bonds. The molecule has 26 heavy (non-hydrogen) atoms. The molecule has 0 saturated heterocycles. The second kappa shape index (κ2) is 8.42. The Hall–Kier alpha value is -2.25. The number of rotatable bonds is 8. The topological polar surface area (TPSA) is 86.1 Å². The molecule has 0 aliphatic carbocycles. The van der Waals surface area contributed by atoms with E-state index in [-0.39, 0.29) is 5.03 Å². The second-order valence-corrected chi connectivity index (χ2v) is 8.26. The van der Waals surface area contributed by atoms with Crippen molar-refractivity contribution in [3.05, 3.63) is 60.4 Å². The lowest BCUT2D eigenvalue weighted by Gasteiger charge is -2.23. The average molecular weight is 377 g/mol. The van der Waals surface area contributed by atoms with Crippen LogP contribution in [0.2, 0.25) is 0 Å². The maximum Gasteiger partial charge on any atom is 0.135 e. The van der Waals surface area contributed by atoms with Crippen LogP contribution in [0.4, 0.5) is 4.39 Å². The number of hydrogen-bond acceptors (Lipinski definition) is 5. The van der Waals surface area contributed by atoms with Crippen molar-refractivity contribution in [3.8, 4) is 11.1 Å². The molecule has 140 valence electrons. The lowest BCUT2D eigenvalue weighted by molar-refractivity contribution is 0.118. The van der Waals surface area contributed by atoms with Crippen molar-refractivity contribution >= 4 is 9.73 Å². The molecule has 0 aliphatic heterocycles. The Morgan fingerprint density at radius 1 is 1.31 bits per heavy atom. The van der Waals surface area contributed by atoms with Gasteiger partial charge >= 0.3 is 0 Å². The largest absolute Gasteiger partial charge is 0.386 e. The number of hydrogen-bond donors (Lipinski definition) is 3. The van der Waals surface area contributed by atoms with Crippen LogP contribution < -0.4 is 5.32 Å². The summed E-state index contributed by atoms with van der Waals surface area (Å²) in [6.45, 7) is 4.98. The van der Waals surface area contributed by atoms with Crippen molar-refractivity contribution < 1.29 is 13.7 Å². The minimum atomic E-state index is -2.84. The van der Waals surface area contributed by atoms with E-state index in [4.69, 9.17) is 4.78 Å². The van der Waals surface area contributed by atoms with Crippen LogP contribution in [0.5, 0.6) is 0 Å². The van der Waals surface area contributed by atoms with E-state index in [9.17, 15) is 13.7 Å². The van der Waals surface area contributed by atoms with Crippen molar-refractivity contribution in [3.63, 3.8) is 0 Å². The van der Waals surface area contributed by atoms with Crippen LogP contribution in [0.25, 0.3) is 11.1 Å². The zero-order valence-corrected chi connectivity index (χ0v) is 15.7. The fourth-order valence-corrected chi connectivity index (χ4v) is 3.03. The van der Waals surface area contributed by atoms with Crippen LogP contribution >= 0.6 is 0 Å². The fourth-order valence-electron chi connectivity index (χ4n) is 2.45. The van der Waals surface area contributed by atoms with Crippen molar-refractivity contribution in [1.82, 2.24) is 10.3 Å². The Balaban J connectivity index is 2.18. The average Bonchev–Trinajstić information content (AvgIpc) is 2.65. The number of allylic oxidation sites excluding steroid dienone is 1. The number of aromatic nitrogens is 1. The summed E-state index contributed by atoms with van der Waals surface area (Å²) < 4.78 is 32.5. The number of aliphatic hydroxyl groups is 1. The van der Waals surface area contributed by atoms with Crippen LogP contribution in [0.1, 0.15) is 25.0 Å². The van der Waals surface area contributed by atoms with Gasteiger partial charge in [0, 0.05) is 23.7 Å². The molecule has 0 bridgehead atoms. The molecule has 1 aromatic heterocycles. The summed E-state index contributed by atoms with van der Waals surface area (Å²) in [5.74, 6) is 0. The van der Waals surface area contributed by atoms with Gasteiger partial charge in [0.15, 0.2) is 0 Å².